The maximum absolute atomic E-state index is 7.60. The Morgan fingerprint density at radius 2 is 2.13 bits per heavy atom. The van der Waals surface area contributed by atoms with Crippen LogP contribution in [0.4, 0.5) is 0 Å². The van der Waals surface area contributed by atoms with Crippen LogP contribution >= 0.6 is 0 Å². The van der Waals surface area contributed by atoms with E-state index in [1.807, 2.05) is 0 Å². The molecule has 7 N–H and O–H groups in total. The minimum Gasteiger partial charge on any atom is -0.370 e. The number of fused-ring (bicyclic) bond motifs is 2. The summed E-state index contributed by atoms with van der Waals surface area (Å²) in [6, 6.07) is 0. The zero-order chi connectivity index (χ0) is 11.0. The van der Waals surface area contributed by atoms with Crippen LogP contribution < -0.4 is 16.9 Å². The van der Waals surface area contributed by atoms with Crippen molar-refractivity contribution in [1.29, 1.82) is 10.8 Å². The number of hydrazine groups is 1. The monoisotopic (exact) mass is 208 g/mol. The van der Waals surface area contributed by atoms with E-state index >= 15 is 0 Å². The fourth-order valence-electron chi connectivity index (χ4n) is 2.38. The first kappa shape index (κ1) is 9.97. The molecule has 0 aliphatic heterocycles. The molecular weight excluding hydrogens is 192 g/mol. The van der Waals surface area contributed by atoms with Crippen LogP contribution in [-0.2, 0) is 0 Å². The van der Waals surface area contributed by atoms with Crippen LogP contribution in [0, 0.1) is 16.7 Å². The Morgan fingerprint density at radius 1 is 1.40 bits per heavy atom. The molecular formula is C9H16N6. The minimum absolute atomic E-state index is 0.0300. The summed E-state index contributed by atoms with van der Waals surface area (Å²) in [6.07, 6.45) is 4.42. The summed E-state index contributed by atoms with van der Waals surface area (Å²) in [5.41, 5.74) is 7.53. The molecule has 1 atom stereocenters. The predicted octanol–water partition coefficient (Wildman–Crippen LogP) is 0.0378. The van der Waals surface area contributed by atoms with Crippen molar-refractivity contribution in [1.82, 2.24) is 10.3 Å². The first-order valence-electron chi connectivity index (χ1n) is 5.03. The third-order valence-corrected chi connectivity index (χ3v) is 3.06. The van der Waals surface area contributed by atoms with Gasteiger partial charge in [-0.15, -0.1) is 0 Å². The van der Waals surface area contributed by atoms with E-state index in [2.05, 4.69) is 5.32 Å². The molecule has 2 bridgehead atoms. The molecule has 6 nitrogen and oxygen atoms in total. The molecule has 0 heterocycles. The third kappa shape index (κ3) is 1.80. The van der Waals surface area contributed by atoms with Gasteiger partial charge in [0.15, 0.2) is 5.96 Å². The van der Waals surface area contributed by atoms with Gasteiger partial charge in [0.1, 0.15) is 0 Å². The third-order valence-electron chi connectivity index (χ3n) is 3.06. The highest BCUT2D eigenvalue weighted by Gasteiger charge is 2.33. The van der Waals surface area contributed by atoms with E-state index in [-0.39, 0.29) is 11.9 Å². The van der Waals surface area contributed by atoms with Crippen molar-refractivity contribution >= 4 is 11.9 Å². The first-order valence-corrected chi connectivity index (χ1v) is 5.03. The molecule has 2 rings (SSSR count). The minimum atomic E-state index is -0.260. The van der Waals surface area contributed by atoms with Crippen molar-refractivity contribution in [3.63, 3.8) is 0 Å². The number of allylic oxidation sites excluding steroid dienone is 2. The predicted molar refractivity (Wildman–Crippen MR) is 57.8 cm³/mol. The molecule has 0 aromatic heterocycles. The molecule has 0 saturated heterocycles. The van der Waals surface area contributed by atoms with Gasteiger partial charge in [0, 0.05) is 5.70 Å². The molecule has 1 unspecified atom stereocenters. The zero-order valence-electron chi connectivity index (χ0n) is 8.51. The van der Waals surface area contributed by atoms with E-state index in [1.165, 1.54) is 17.0 Å². The van der Waals surface area contributed by atoms with Crippen molar-refractivity contribution in [3.05, 3.63) is 11.3 Å². The van der Waals surface area contributed by atoms with Gasteiger partial charge < -0.3 is 5.73 Å². The average molecular weight is 208 g/mol. The quantitative estimate of drug-likeness (QED) is 0.181. The Morgan fingerprint density at radius 3 is 2.60 bits per heavy atom. The highest BCUT2D eigenvalue weighted by atomic mass is 15.5. The maximum Gasteiger partial charge on any atom is 0.216 e. The van der Waals surface area contributed by atoms with Crippen LogP contribution in [0.15, 0.2) is 11.3 Å². The number of nitrogens with zero attached hydrogens (tertiary/aromatic N) is 1. The number of hydrogen-bond acceptors (Lipinski definition) is 3. The fourth-order valence-corrected chi connectivity index (χ4v) is 2.38. The molecule has 0 radical (unpaired) electrons. The summed E-state index contributed by atoms with van der Waals surface area (Å²) in [5, 5.41) is 18.3. The average Bonchev–Trinajstić information content (AvgIpc) is 2.76. The Labute approximate surface area is 88.3 Å². The molecule has 2 aliphatic carbocycles. The summed E-state index contributed by atoms with van der Waals surface area (Å²) >= 11 is 0. The molecule has 6 heteroatoms. The Kier molecular flexibility index (Phi) is 2.36. The highest BCUT2D eigenvalue weighted by molar-refractivity contribution is 5.95. The molecule has 0 spiro atoms. The number of guanidine groups is 2. The van der Waals surface area contributed by atoms with Gasteiger partial charge in [-0.2, -0.15) is 0 Å². The summed E-state index contributed by atoms with van der Waals surface area (Å²) in [6.45, 7) is 0. The van der Waals surface area contributed by atoms with E-state index in [0.717, 1.165) is 25.0 Å². The Balaban J connectivity index is 2.05. The second-order valence-corrected chi connectivity index (χ2v) is 4.12. The van der Waals surface area contributed by atoms with Crippen LogP contribution in [0.25, 0.3) is 0 Å². The maximum atomic E-state index is 7.60. The van der Waals surface area contributed by atoms with Gasteiger partial charge in [-0.3, -0.25) is 21.1 Å². The summed E-state index contributed by atoms with van der Waals surface area (Å²) < 4.78 is 0. The van der Waals surface area contributed by atoms with Crippen LogP contribution in [0.5, 0.6) is 0 Å². The topological polar surface area (TPSA) is 115 Å². The molecule has 1 saturated carbocycles. The molecule has 82 valence electrons. The van der Waals surface area contributed by atoms with Gasteiger partial charge in [-0.1, -0.05) is 0 Å². The molecule has 15 heavy (non-hydrogen) atoms. The smallest absolute Gasteiger partial charge is 0.216 e. The lowest BCUT2D eigenvalue weighted by Crippen LogP contribution is -2.48. The van der Waals surface area contributed by atoms with E-state index in [4.69, 9.17) is 22.4 Å². The number of rotatable bonds is 1. The van der Waals surface area contributed by atoms with Gasteiger partial charge in [0.05, 0.1) is 0 Å². The van der Waals surface area contributed by atoms with Crippen molar-refractivity contribution in [2.24, 2.45) is 17.5 Å². The van der Waals surface area contributed by atoms with E-state index in [1.54, 1.807) is 0 Å². The zero-order valence-corrected chi connectivity index (χ0v) is 8.51. The molecule has 1 fully saturated rings. The lowest BCUT2D eigenvalue weighted by Gasteiger charge is -2.24. The Bertz CT molecular complexity index is 345. The highest BCUT2D eigenvalue weighted by Crippen LogP contribution is 2.44. The van der Waals surface area contributed by atoms with E-state index < -0.39 is 0 Å². The van der Waals surface area contributed by atoms with Crippen molar-refractivity contribution in [2.45, 2.75) is 25.7 Å². The number of hydrogen-bond donors (Lipinski definition) is 5. The summed E-state index contributed by atoms with van der Waals surface area (Å²) in [4.78, 5) is 0. The van der Waals surface area contributed by atoms with Gasteiger partial charge >= 0.3 is 0 Å². The molecule has 0 aromatic rings. The standard InChI is InChI=1S/C9H16N6/c10-8(11)14-9(12)15(13)7-4-5-1-2-6(7)3-5/h5H,1-4,13H2,(H5,10,11,12,14). The summed E-state index contributed by atoms with van der Waals surface area (Å²) in [5.74, 6) is 6.22. The molecule has 2 aliphatic rings. The second-order valence-electron chi connectivity index (χ2n) is 4.12. The van der Waals surface area contributed by atoms with Crippen LogP contribution in [0.1, 0.15) is 25.7 Å². The van der Waals surface area contributed by atoms with Crippen molar-refractivity contribution in [2.75, 3.05) is 0 Å². The van der Waals surface area contributed by atoms with Crippen LogP contribution in [-0.4, -0.2) is 16.9 Å². The van der Waals surface area contributed by atoms with E-state index in [0.29, 0.717) is 5.92 Å². The Hall–Kier alpha value is -1.56. The van der Waals surface area contributed by atoms with E-state index in [9.17, 15) is 0 Å². The van der Waals surface area contributed by atoms with Gasteiger partial charge in [-0.05, 0) is 37.2 Å². The van der Waals surface area contributed by atoms with Crippen molar-refractivity contribution in [3.8, 4) is 0 Å². The number of nitrogens with one attached hydrogen (secondary N) is 3. The van der Waals surface area contributed by atoms with Crippen LogP contribution in [0.3, 0.4) is 0 Å². The second kappa shape index (κ2) is 3.54. The van der Waals surface area contributed by atoms with Gasteiger partial charge in [-0.25, -0.2) is 5.84 Å². The van der Waals surface area contributed by atoms with Crippen LogP contribution in [0.2, 0.25) is 0 Å². The molecule has 0 aromatic carbocycles. The lowest BCUT2D eigenvalue weighted by atomic mass is 10.0. The normalized spacial score (nSPS) is 23.1. The number of nitrogens with two attached hydrogens (primary N) is 2. The lowest BCUT2D eigenvalue weighted by molar-refractivity contribution is 0.451. The van der Waals surface area contributed by atoms with Gasteiger partial charge in [0.25, 0.3) is 0 Å². The summed E-state index contributed by atoms with van der Waals surface area (Å²) in [7, 11) is 0. The fraction of sp³-hybridized carbons (Fsp3) is 0.556. The largest absolute Gasteiger partial charge is 0.370 e. The van der Waals surface area contributed by atoms with Gasteiger partial charge in [0.2, 0.25) is 5.96 Å². The first-order chi connectivity index (χ1) is 7.08. The SMILES string of the molecule is N=C(N)NC(=N)N(N)C1=C2CCC(C2)C1. The molecule has 0 amide bonds. The van der Waals surface area contributed by atoms with Crippen molar-refractivity contribution < 1.29 is 0 Å².